The van der Waals surface area contributed by atoms with Crippen LogP contribution in [0.1, 0.15) is 39.0 Å². The van der Waals surface area contributed by atoms with E-state index in [1.807, 2.05) is 6.92 Å². The highest BCUT2D eigenvalue weighted by Gasteiger charge is 2.40. The fraction of sp³-hybridized carbons (Fsp3) is 0.900. The average molecular weight is 201 g/mol. The number of aliphatic hydroxyl groups is 1. The molecule has 1 fully saturated rings. The van der Waals surface area contributed by atoms with Crippen LogP contribution in [0, 0.1) is 5.41 Å². The molecule has 14 heavy (non-hydrogen) atoms. The summed E-state index contributed by atoms with van der Waals surface area (Å²) in [6.07, 6.45) is 4.09. The molecule has 0 aromatic rings. The van der Waals surface area contributed by atoms with Gasteiger partial charge in [-0.1, -0.05) is 26.2 Å². The molecule has 0 aliphatic heterocycles. The van der Waals surface area contributed by atoms with Crippen molar-refractivity contribution in [2.45, 2.75) is 51.2 Å². The summed E-state index contributed by atoms with van der Waals surface area (Å²) in [5.41, 5.74) is 5.12. The number of nitrogens with two attached hydrogens (primary N) is 1. The van der Waals surface area contributed by atoms with Gasteiger partial charge in [-0.25, -0.2) is 0 Å². The predicted molar refractivity (Wildman–Crippen MR) is 52.8 cm³/mol. The van der Waals surface area contributed by atoms with E-state index >= 15 is 0 Å². The number of hydrogen-bond acceptors (Lipinski definition) is 3. The normalized spacial score (nSPS) is 25.4. The molecule has 1 aliphatic rings. The van der Waals surface area contributed by atoms with Gasteiger partial charge in [-0.2, -0.15) is 0 Å². The first-order chi connectivity index (χ1) is 6.47. The van der Waals surface area contributed by atoms with E-state index in [0.29, 0.717) is 0 Å². The van der Waals surface area contributed by atoms with Crippen molar-refractivity contribution in [3.8, 4) is 0 Å². The van der Waals surface area contributed by atoms with Gasteiger partial charge in [0.15, 0.2) is 0 Å². The summed E-state index contributed by atoms with van der Waals surface area (Å²) in [4.78, 5) is 10.6. The molecule has 0 radical (unpaired) electrons. The average Bonchev–Trinajstić information content (AvgIpc) is 2.16. The van der Waals surface area contributed by atoms with Gasteiger partial charge in [-0.05, 0) is 18.3 Å². The molecular formula is C10H19NO3. The summed E-state index contributed by atoms with van der Waals surface area (Å²) in [6.45, 7) is 1.93. The molecule has 1 aliphatic carbocycles. The van der Waals surface area contributed by atoms with Crippen molar-refractivity contribution in [1.82, 2.24) is 0 Å². The van der Waals surface area contributed by atoms with Gasteiger partial charge >= 0.3 is 5.97 Å². The van der Waals surface area contributed by atoms with Crippen molar-refractivity contribution in [3.05, 3.63) is 0 Å². The van der Waals surface area contributed by atoms with Crippen molar-refractivity contribution in [2.75, 3.05) is 0 Å². The lowest BCUT2D eigenvalue weighted by atomic mass is 9.70. The second-order valence-corrected chi connectivity index (χ2v) is 4.52. The molecule has 0 aromatic carbocycles. The summed E-state index contributed by atoms with van der Waals surface area (Å²) in [6, 6.07) is -1.15. The molecule has 0 amide bonds. The summed E-state index contributed by atoms with van der Waals surface area (Å²) < 4.78 is 0. The molecule has 1 rings (SSSR count). The Bertz CT molecular complexity index is 211. The maximum absolute atomic E-state index is 10.6. The maximum atomic E-state index is 10.6. The Morgan fingerprint density at radius 2 is 1.86 bits per heavy atom. The van der Waals surface area contributed by atoms with E-state index in [1.54, 1.807) is 0 Å². The molecule has 0 spiro atoms. The lowest BCUT2D eigenvalue weighted by molar-refractivity contribution is -0.144. The third-order valence-electron chi connectivity index (χ3n) is 3.34. The number of rotatable bonds is 3. The molecule has 0 heterocycles. The number of carboxylic acids is 1. The van der Waals surface area contributed by atoms with Gasteiger partial charge in [-0.3, -0.25) is 4.79 Å². The van der Waals surface area contributed by atoms with E-state index in [4.69, 9.17) is 10.8 Å². The molecule has 4 heteroatoms. The van der Waals surface area contributed by atoms with E-state index in [9.17, 15) is 9.90 Å². The van der Waals surface area contributed by atoms with Crippen LogP contribution >= 0.6 is 0 Å². The number of carboxylic acid groups (broad SMARTS) is 1. The van der Waals surface area contributed by atoms with Crippen LogP contribution in [-0.2, 0) is 4.79 Å². The van der Waals surface area contributed by atoms with Gasteiger partial charge in [-0.15, -0.1) is 0 Å². The molecule has 0 saturated heterocycles. The third-order valence-corrected chi connectivity index (χ3v) is 3.34. The molecule has 0 aromatic heterocycles. The SMILES string of the molecule is CC1(C(O)C(N)C(=O)O)CCCCC1. The molecule has 4 nitrogen and oxygen atoms in total. The van der Waals surface area contributed by atoms with Gasteiger partial charge in [0.05, 0.1) is 6.10 Å². The molecule has 1 saturated carbocycles. The zero-order valence-corrected chi connectivity index (χ0v) is 8.57. The number of carbonyl (C=O) groups is 1. The van der Waals surface area contributed by atoms with Crippen LogP contribution in [0.4, 0.5) is 0 Å². The van der Waals surface area contributed by atoms with Crippen LogP contribution < -0.4 is 5.73 Å². The van der Waals surface area contributed by atoms with E-state index < -0.39 is 18.1 Å². The maximum Gasteiger partial charge on any atom is 0.323 e. The van der Waals surface area contributed by atoms with Crippen molar-refractivity contribution in [3.63, 3.8) is 0 Å². The quantitative estimate of drug-likeness (QED) is 0.628. The Labute approximate surface area is 84.1 Å². The van der Waals surface area contributed by atoms with Crippen LogP contribution in [-0.4, -0.2) is 28.3 Å². The van der Waals surface area contributed by atoms with Crippen molar-refractivity contribution >= 4 is 5.97 Å². The summed E-state index contributed by atoms with van der Waals surface area (Å²) >= 11 is 0. The molecule has 4 N–H and O–H groups in total. The molecule has 82 valence electrons. The zero-order valence-electron chi connectivity index (χ0n) is 8.57. The molecule has 2 atom stereocenters. The van der Waals surface area contributed by atoms with E-state index in [-0.39, 0.29) is 5.41 Å². The van der Waals surface area contributed by atoms with Gasteiger partial charge in [0.1, 0.15) is 6.04 Å². The second-order valence-electron chi connectivity index (χ2n) is 4.52. The summed E-state index contributed by atoms with van der Waals surface area (Å²) in [5, 5.41) is 18.6. The minimum Gasteiger partial charge on any atom is -0.480 e. The number of aliphatic carboxylic acids is 1. The lowest BCUT2D eigenvalue weighted by Crippen LogP contribution is -2.51. The standard InChI is InChI=1S/C10H19NO3/c1-10(5-3-2-4-6-10)8(12)7(11)9(13)14/h7-8,12H,2-6,11H2,1H3,(H,13,14). The zero-order chi connectivity index (χ0) is 10.8. The van der Waals surface area contributed by atoms with Crippen LogP contribution in [0.15, 0.2) is 0 Å². The Morgan fingerprint density at radius 3 is 2.29 bits per heavy atom. The first kappa shape index (κ1) is 11.5. The van der Waals surface area contributed by atoms with Crippen molar-refractivity contribution in [2.24, 2.45) is 11.1 Å². The predicted octanol–water partition coefficient (Wildman–Crippen LogP) is 0.730. The first-order valence-electron chi connectivity index (χ1n) is 5.14. The second kappa shape index (κ2) is 4.28. The van der Waals surface area contributed by atoms with E-state index in [0.717, 1.165) is 25.7 Å². The van der Waals surface area contributed by atoms with Gasteiger partial charge in [0, 0.05) is 0 Å². The highest BCUT2D eigenvalue weighted by molar-refractivity contribution is 5.74. The Hall–Kier alpha value is -0.610. The summed E-state index contributed by atoms with van der Waals surface area (Å²) in [7, 11) is 0. The number of hydrogen-bond donors (Lipinski definition) is 3. The smallest absolute Gasteiger partial charge is 0.323 e. The Kier molecular flexibility index (Phi) is 3.50. The van der Waals surface area contributed by atoms with Crippen LogP contribution in [0.25, 0.3) is 0 Å². The Balaban J connectivity index is 2.65. The molecule has 2 unspecified atom stereocenters. The van der Waals surface area contributed by atoms with Gasteiger partial charge in [0.2, 0.25) is 0 Å². The molecule has 0 bridgehead atoms. The minimum absolute atomic E-state index is 0.309. The molecular weight excluding hydrogens is 182 g/mol. The fourth-order valence-corrected chi connectivity index (χ4v) is 2.22. The monoisotopic (exact) mass is 201 g/mol. The highest BCUT2D eigenvalue weighted by atomic mass is 16.4. The van der Waals surface area contributed by atoms with Gasteiger partial charge in [0.25, 0.3) is 0 Å². The largest absolute Gasteiger partial charge is 0.480 e. The van der Waals surface area contributed by atoms with Crippen LogP contribution in [0.3, 0.4) is 0 Å². The van der Waals surface area contributed by atoms with Crippen molar-refractivity contribution < 1.29 is 15.0 Å². The number of aliphatic hydroxyl groups excluding tert-OH is 1. The Morgan fingerprint density at radius 1 is 1.36 bits per heavy atom. The van der Waals surface area contributed by atoms with Crippen LogP contribution in [0.5, 0.6) is 0 Å². The third kappa shape index (κ3) is 2.25. The first-order valence-corrected chi connectivity index (χ1v) is 5.14. The van der Waals surface area contributed by atoms with E-state index in [1.165, 1.54) is 6.42 Å². The lowest BCUT2D eigenvalue weighted by Gasteiger charge is -2.39. The fourth-order valence-electron chi connectivity index (χ4n) is 2.22. The van der Waals surface area contributed by atoms with E-state index in [2.05, 4.69) is 0 Å². The van der Waals surface area contributed by atoms with Gasteiger partial charge < -0.3 is 15.9 Å². The van der Waals surface area contributed by atoms with Crippen LogP contribution in [0.2, 0.25) is 0 Å². The minimum atomic E-state index is -1.15. The van der Waals surface area contributed by atoms with Crippen molar-refractivity contribution in [1.29, 1.82) is 0 Å². The topological polar surface area (TPSA) is 83.5 Å². The highest BCUT2D eigenvalue weighted by Crippen LogP contribution is 2.39. The summed E-state index contributed by atoms with van der Waals surface area (Å²) in [5.74, 6) is -1.12.